The lowest BCUT2D eigenvalue weighted by atomic mass is 10.1. The summed E-state index contributed by atoms with van der Waals surface area (Å²) in [6.45, 7) is 10.4. The number of fused-ring (bicyclic) bond motifs is 1. The van der Waals surface area contributed by atoms with Crippen molar-refractivity contribution in [2.45, 2.75) is 59.0 Å². The third-order valence-electron chi connectivity index (χ3n) is 4.18. The van der Waals surface area contributed by atoms with E-state index in [9.17, 15) is 9.90 Å². The van der Waals surface area contributed by atoms with Crippen molar-refractivity contribution >= 4 is 34.3 Å². The van der Waals surface area contributed by atoms with Crippen molar-refractivity contribution < 1.29 is 19.2 Å². The first kappa shape index (κ1) is 19.9. The summed E-state index contributed by atoms with van der Waals surface area (Å²) in [4.78, 5) is 19.0. The number of pyridine rings is 1. The van der Waals surface area contributed by atoms with Crippen LogP contribution in [0.2, 0.25) is 5.02 Å². The fourth-order valence-corrected chi connectivity index (χ4v) is 3.65. The zero-order valence-corrected chi connectivity index (χ0v) is 16.9. The van der Waals surface area contributed by atoms with Crippen LogP contribution in [0.25, 0.3) is 11.1 Å². The number of nitrogens with one attached hydrogen (secondary N) is 1. The highest BCUT2D eigenvalue weighted by Crippen LogP contribution is 2.37. The maximum Gasteiger partial charge on any atom is 0.276 e. The second-order valence-electron chi connectivity index (χ2n) is 7.95. The number of amides is 1. The number of hydrogen-bond donors (Lipinski definition) is 2. The van der Waals surface area contributed by atoms with Gasteiger partial charge in [0, 0.05) is 18.6 Å². The first-order valence-corrected chi connectivity index (χ1v) is 9.30. The molecule has 0 aliphatic carbocycles. The summed E-state index contributed by atoms with van der Waals surface area (Å²) in [6, 6.07) is 0. The lowest BCUT2D eigenvalue weighted by molar-refractivity contribution is -0.00533. The van der Waals surface area contributed by atoms with E-state index in [-0.39, 0.29) is 40.6 Å². The van der Waals surface area contributed by atoms with Gasteiger partial charge in [-0.2, -0.15) is 0 Å². The van der Waals surface area contributed by atoms with Gasteiger partial charge in [0.15, 0.2) is 5.69 Å². The number of aliphatic hydroxyl groups is 1. The van der Waals surface area contributed by atoms with Gasteiger partial charge in [-0.15, -0.1) is 0 Å². The Balaban J connectivity index is 2.08. The minimum Gasteiger partial charge on any atom is -0.390 e. The molecule has 0 spiro atoms. The molecule has 1 aliphatic heterocycles. The summed E-state index contributed by atoms with van der Waals surface area (Å²) in [5.74, 6) is -0.407. The van der Waals surface area contributed by atoms with Gasteiger partial charge >= 0.3 is 0 Å². The first-order chi connectivity index (χ1) is 12.6. The number of carbonyl (C=O) groups excluding carboxylic acids is 1. The molecule has 3 heterocycles. The van der Waals surface area contributed by atoms with Crippen LogP contribution in [0.15, 0.2) is 4.52 Å². The molecule has 3 rings (SSSR count). The van der Waals surface area contributed by atoms with Gasteiger partial charge in [0.1, 0.15) is 10.5 Å². The molecule has 148 valence electrons. The largest absolute Gasteiger partial charge is 0.390 e. The number of rotatable bonds is 3. The number of halogens is 1. The normalized spacial score (nSPS) is 20.9. The van der Waals surface area contributed by atoms with Gasteiger partial charge in [0.25, 0.3) is 5.91 Å². The maximum absolute atomic E-state index is 12.5. The van der Waals surface area contributed by atoms with Crippen LogP contribution in [0.5, 0.6) is 0 Å². The highest BCUT2D eigenvalue weighted by atomic mass is 35.5. The molecule has 1 aliphatic rings. The Morgan fingerprint density at radius 1 is 1.33 bits per heavy atom. The molecule has 0 radical (unpaired) electrons. The molecule has 8 nitrogen and oxygen atoms in total. The zero-order chi connectivity index (χ0) is 19.9. The van der Waals surface area contributed by atoms with Gasteiger partial charge in [0.05, 0.1) is 30.2 Å². The molecule has 27 heavy (non-hydrogen) atoms. The van der Waals surface area contributed by atoms with Crippen molar-refractivity contribution in [3.05, 3.63) is 16.4 Å². The SMILES string of the molecule is CC1CN(c2c(CO)nc3c(C(=O)NC(C)(C)C)noc3c2Cl)CC(C)O1. The molecular formula is C18H25ClN4O4. The molecule has 2 aromatic rings. The summed E-state index contributed by atoms with van der Waals surface area (Å²) in [6.07, 6.45) is 0.0183. The highest BCUT2D eigenvalue weighted by molar-refractivity contribution is 6.37. The summed E-state index contributed by atoms with van der Waals surface area (Å²) in [5.41, 5.74) is 1.05. The van der Waals surface area contributed by atoms with Crippen molar-refractivity contribution in [3.63, 3.8) is 0 Å². The lowest BCUT2D eigenvalue weighted by Gasteiger charge is -2.37. The van der Waals surface area contributed by atoms with Crippen LogP contribution in [0.3, 0.4) is 0 Å². The topological polar surface area (TPSA) is 101 Å². The van der Waals surface area contributed by atoms with E-state index in [4.69, 9.17) is 20.9 Å². The second kappa shape index (κ2) is 7.26. The number of hydrogen-bond acceptors (Lipinski definition) is 7. The molecule has 2 N–H and O–H groups in total. The molecule has 0 saturated carbocycles. The molecule has 2 aromatic heterocycles. The average Bonchev–Trinajstić information content (AvgIpc) is 2.96. The van der Waals surface area contributed by atoms with Crippen molar-refractivity contribution in [2.75, 3.05) is 18.0 Å². The van der Waals surface area contributed by atoms with E-state index in [1.807, 2.05) is 39.5 Å². The van der Waals surface area contributed by atoms with Crippen molar-refractivity contribution in [2.24, 2.45) is 0 Å². The van der Waals surface area contributed by atoms with Crippen molar-refractivity contribution in [1.29, 1.82) is 0 Å². The van der Waals surface area contributed by atoms with Crippen molar-refractivity contribution in [3.8, 4) is 0 Å². The Hall–Kier alpha value is -1.90. The zero-order valence-electron chi connectivity index (χ0n) is 16.2. The molecule has 0 aromatic carbocycles. The quantitative estimate of drug-likeness (QED) is 0.821. The van der Waals surface area contributed by atoms with E-state index in [0.29, 0.717) is 24.5 Å². The van der Waals surface area contributed by atoms with E-state index in [0.717, 1.165) is 0 Å². The summed E-state index contributed by atoms with van der Waals surface area (Å²) in [5, 5.41) is 16.9. The summed E-state index contributed by atoms with van der Waals surface area (Å²) >= 11 is 6.61. The van der Waals surface area contributed by atoms with E-state index in [1.54, 1.807) is 0 Å². The molecule has 2 unspecified atom stereocenters. The predicted octanol–water partition coefficient (Wildman–Crippen LogP) is 2.51. The Morgan fingerprint density at radius 2 is 1.96 bits per heavy atom. The van der Waals surface area contributed by atoms with Crippen LogP contribution in [-0.2, 0) is 11.3 Å². The molecule has 9 heteroatoms. The standard InChI is InChI=1S/C18H25ClN4O4/c1-9-6-23(7-10(2)26-9)15-11(8-24)20-13-14(17(25)21-18(3,4)5)22-27-16(13)12(15)19/h9-10,24H,6-8H2,1-5H3,(H,21,25). The van der Waals surface area contributed by atoms with Gasteiger partial charge in [-0.25, -0.2) is 4.98 Å². The second-order valence-corrected chi connectivity index (χ2v) is 8.33. The van der Waals surface area contributed by atoms with Crippen LogP contribution in [0.4, 0.5) is 5.69 Å². The summed E-state index contributed by atoms with van der Waals surface area (Å²) < 4.78 is 11.1. The number of carbonyl (C=O) groups is 1. The number of ether oxygens (including phenoxy) is 1. The molecule has 0 bridgehead atoms. The third-order valence-corrected chi connectivity index (χ3v) is 4.53. The van der Waals surface area contributed by atoms with Crippen LogP contribution < -0.4 is 10.2 Å². The van der Waals surface area contributed by atoms with Gasteiger partial charge in [-0.05, 0) is 34.6 Å². The third kappa shape index (κ3) is 4.02. The number of anilines is 1. The van der Waals surface area contributed by atoms with Gasteiger partial charge < -0.3 is 24.6 Å². The Kier molecular flexibility index (Phi) is 5.33. The van der Waals surface area contributed by atoms with Crippen LogP contribution in [-0.4, -0.2) is 52.0 Å². The summed E-state index contributed by atoms with van der Waals surface area (Å²) in [7, 11) is 0. The van der Waals surface area contributed by atoms with Crippen LogP contribution in [0.1, 0.15) is 50.8 Å². The Labute approximate surface area is 162 Å². The van der Waals surface area contributed by atoms with E-state index in [2.05, 4.69) is 15.5 Å². The minimum atomic E-state index is -0.439. The molecule has 1 saturated heterocycles. The van der Waals surface area contributed by atoms with Gasteiger partial charge in [-0.1, -0.05) is 16.8 Å². The average molecular weight is 397 g/mol. The number of nitrogens with zero attached hydrogens (tertiary/aromatic N) is 3. The smallest absolute Gasteiger partial charge is 0.276 e. The van der Waals surface area contributed by atoms with E-state index in [1.165, 1.54) is 0 Å². The Morgan fingerprint density at radius 3 is 2.52 bits per heavy atom. The molecule has 1 amide bonds. The highest BCUT2D eigenvalue weighted by Gasteiger charge is 2.30. The van der Waals surface area contributed by atoms with E-state index < -0.39 is 11.4 Å². The molecular weight excluding hydrogens is 372 g/mol. The first-order valence-electron chi connectivity index (χ1n) is 8.92. The Bertz CT molecular complexity index is 851. The fraction of sp³-hybridized carbons (Fsp3) is 0.611. The number of morpholine rings is 1. The van der Waals surface area contributed by atoms with Crippen LogP contribution in [0, 0.1) is 0 Å². The van der Waals surface area contributed by atoms with Crippen molar-refractivity contribution in [1.82, 2.24) is 15.5 Å². The van der Waals surface area contributed by atoms with Crippen LogP contribution >= 0.6 is 11.6 Å². The fourth-order valence-electron chi connectivity index (χ4n) is 3.30. The lowest BCUT2D eigenvalue weighted by Crippen LogP contribution is -2.46. The predicted molar refractivity (Wildman–Crippen MR) is 102 cm³/mol. The molecule has 1 fully saturated rings. The van der Waals surface area contributed by atoms with Gasteiger partial charge in [-0.3, -0.25) is 4.79 Å². The monoisotopic (exact) mass is 396 g/mol. The van der Waals surface area contributed by atoms with E-state index >= 15 is 0 Å². The molecule has 2 atom stereocenters. The maximum atomic E-state index is 12.5. The van der Waals surface area contributed by atoms with Gasteiger partial charge in [0.2, 0.25) is 5.58 Å². The minimum absolute atomic E-state index is 0.00917. The number of aliphatic hydroxyl groups excluding tert-OH is 1. The number of aromatic nitrogens is 2.